The van der Waals surface area contributed by atoms with Crippen molar-refractivity contribution in [2.75, 3.05) is 18.4 Å². The highest BCUT2D eigenvalue weighted by atomic mass is 15.1. The molecule has 0 aromatic carbocycles. The number of piperidine rings is 1. The molecule has 0 radical (unpaired) electrons. The van der Waals surface area contributed by atoms with Gasteiger partial charge in [-0.25, -0.2) is 9.97 Å². The SMILES string of the molecule is c1cncc(-c2cc(NC3CCCNC3)ncn2)c1. The van der Waals surface area contributed by atoms with Crippen LogP contribution in [-0.4, -0.2) is 34.1 Å². The molecule has 3 rings (SSSR count). The van der Waals surface area contributed by atoms with Crippen LogP contribution in [0, 0.1) is 0 Å². The van der Waals surface area contributed by atoms with Gasteiger partial charge in [0.2, 0.25) is 0 Å². The molecule has 1 atom stereocenters. The van der Waals surface area contributed by atoms with E-state index in [2.05, 4.69) is 25.6 Å². The molecule has 1 saturated heterocycles. The van der Waals surface area contributed by atoms with Crippen molar-refractivity contribution in [3.63, 3.8) is 0 Å². The Morgan fingerprint density at radius 3 is 3.11 bits per heavy atom. The summed E-state index contributed by atoms with van der Waals surface area (Å²) in [5.41, 5.74) is 1.91. The molecule has 2 N–H and O–H groups in total. The highest BCUT2D eigenvalue weighted by Crippen LogP contribution is 2.18. The smallest absolute Gasteiger partial charge is 0.130 e. The molecular weight excluding hydrogens is 238 g/mol. The Balaban J connectivity index is 1.76. The Kier molecular flexibility index (Phi) is 3.65. The van der Waals surface area contributed by atoms with E-state index in [4.69, 9.17) is 0 Å². The Labute approximate surface area is 112 Å². The van der Waals surface area contributed by atoms with Crippen LogP contribution in [0.1, 0.15) is 12.8 Å². The monoisotopic (exact) mass is 255 g/mol. The lowest BCUT2D eigenvalue weighted by atomic mass is 10.1. The van der Waals surface area contributed by atoms with Crippen molar-refractivity contribution in [1.29, 1.82) is 0 Å². The largest absolute Gasteiger partial charge is 0.366 e. The summed E-state index contributed by atoms with van der Waals surface area (Å²) in [5, 5.41) is 6.84. The minimum absolute atomic E-state index is 0.449. The summed E-state index contributed by atoms with van der Waals surface area (Å²) in [4.78, 5) is 12.7. The van der Waals surface area contributed by atoms with E-state index in [9.17, 15) is 0 Å². The maximum absolute atomic E-state index is 4.30. The summed E-state index contributed by atoms with van der Waals surface area (Å²) in [6, 6.07) is 6.34. The van der Waals surface area contributed by atoms with E-state index in [-0.39, 0.29) is 0 Å². The van der Waals surface area contributed by atoms with Gasteiger partial charge < -0.3 is 10.6 Å². The maximum Gasteiger partial charge on any atom is 0.130 e. The molecule has 2 aromatic rings. The van der Waals surface area contributed by atoms with Crippen LogP contribution in [0.4, 0.5) is 5.82 Å². The van der Waals surface area contributed by atoms with Gasteiger partial charge in [-0.3, -0.25) is 4.98 Å². The number of pyridine rings is 1. The second-order valence-corrected chi connectivity index (χ2v) is 4.72. The van der Waals surface area contributed by atoms with Crippen molar-refractivity contribution >= 4 is 5.82 Å². The van der Waals surface area contributed by atoms with Crippen LogP contribution in [0.5, 0.6) is 0 Å². The van der Waals surface area contributed by atoms with Gasteiger partial charge in [0, 0.05) is 36.6 Å². The van der Waals surface area contributed by atoms with Gasteiger partial charge in [-0.2, -0.15) is 0 Å². The van der Waals surface area contributed by atoms with E-state index in [1.165, 1.54) is 12.8 Å². The fourth-order valence-electron chi connectivity index (χ4n) is 2.29. The van der Waals surface area contributed by atoms with E-state index < -0.39 is 0 Å². The lowest BCUT2D eigenvalue weighted by molar-refractivity contribution is 0.479. The molecule has 1 fully saturated rings. The Bertz CT molecular complexity index is 522. The van der Waals surface area contributed by atoms with Gasteiger partial charge in [-0.15, -0.1) is 0 Å². The van der Waals surface area contributed by atoms with Crippen LogP contribution < -0.4 is 10.6 Å². The van der Waals surface area contributed by atoms with E-state index in [1.54, 1.807) is 12.5 Å². The molecule has 0 spiro atoms. The number of nitrogens with one attached hydrogen (secondary N) is 2. The Morgan fingerprint density at radius 2 is 2.32 bits per heavy atom. The predicted octanol–water partition coefficient (Wildman–Crippen LogP) is 1.70. The van der Waals surface area contributed by atoms with Crippen LogP contribution in [0.25, 0.3) is 11.3 Å². The first-order valence-corrected chi connectivity index (χ1v) is 6.61. The van der Waals surface area contributed by atoms with Gasteiger partial charge in [-0.05, 0) is 31.5 Å². The first-order chi connectivity index (χ1) is 9.42. The van der Waals surface area contributed by atoms with Gasteiger partial charge in [-0.1, -0.05) is 0 Å². The molecule has 0 bridgehead atoms. The van der Waals surface area contributed by atoms with Crippen LogP contribution in [0.15, 0.2) is 36.9 Å². The standard InChI is InChI=1S/C14H17N5/c1-3-11(8-15-5-1)13-7-14(18-10-17-13)19-12-4-2-6-16-9-12/h1,3,5,7-8,10,12,16H,2,4,6,9H2,(H,17,18,19). The zero-order valence-electron chi connectivity index (χ0n) is 10.7. The Hall–Kier alpha value is -2.01. The van der Waals surface area contributed by atoms with Crippen molar-refractivity contribution < 1.29 is 0 Å². The molecule has 3 heterocycles. The number of hydrogen-bond acceptors (Lipinski definition) is 5. The van der Waals surface area contributed by atoms with E-state index in [0.717, 1.165) is 30.2 Å². The van der Waals surface area contributed by atoms with Crippen molar-refractivity contribution in [3.8, 4) is 11.3 Å². The molecule has 1 aliphatic heterocycles. The number of nitrogens with zero attached hydrogens (tertiary/aromatic N) is 3. The minimum atomic E-state index is 0.449. The van der Waals surface area contributed by atoms with Crippen molar-refractivity contribution in [1.82, 2.24) is 20.3 Å². The molecular formula is C14H17N5. The molecule has 5 nitrogen and oxygen atoms in total. The molecule has 1 aliphatic rings. The van der Waals surface area contributed by atoms with E-state index in [1.807, 2.05) is 24.4 Å². The maximum atomic E-state index is 4.30. The summed E-state index contributed by atoms with van der Waals surface area (Å²) in [5.74, 6) is 0.877. The van der Waals surface area contributed by atoms with Crippen LogP contribution >= 0.6 is 0 Å². The van der Waals surface area contributed by atoms with Crippen molar-refractivity contribution in [3.05, 3.63) is 36.9 Å². The predicted molar refractivity (Wildman–Crippen MR) is 74.8 cm³/mol. The average molecular weight is 255 g/mol. The number of hydrogen-bond donors (Lipinski definition) is 2. The number of anilines is 1. The average Bonchev–Trinajstić information content (AvgIpc) is 2.49. The van der Waals surface area contributed by atoms with Gasteiger partial charge in [0.15, 0.2) is 0 Å². The Morgan fingerprint density at radius 1 is 1.32 bits per heavy atom. The highest BCUT2D eigenvalue weighted by molar-refractivity contribution is 5.60. The van der Waals surface area contributed by atoms with Crippen LogP contribution in [-0.2, 0) is 0 Å². The molecule has 98 valence electrons. The minimum Gasteiger partial charge on any atom is -0.366 e. The molecule has 5 heteroatoms. The molecule has 19 heavy (non-hydrogen) atoms. The van der Waals surface area contributed by atoms with Gasteiger partial charge in [0.1, 0.15) is 12.1 Å². The summed E-state index contributed by atoms with van der Waals surface area (Å²) >= 11 is 0. The van der Waals surface area contributed by atoms with Crippen molar-refractivity contribution in [2.45, 2.75) is 18.9 Å². The topological polar surface area (TPSA) is 62.7 Å². The molecule has 2 aromatic heterocycles. The third-order valence-electron chi connectivity index (χ3n) is 3.27. The van der Waals surface area contributed by atoms with E-state index in [0.29, 0.717) is 6.04 Å². The quantitative estimate of drug-likeness (QED) is 0.874. The fourth-order valence-corrected chi connectivity index (χ4v) is 2.29. The third-order valence-corrected chi connectivity index (χ3v) is 3.27. The van der Waals surface area contributed by atoms with Gasteiger partial charge in [0.05, 0.1) is 5.69 Å². The summed E-state index contributed by atoms with van der Waals surface area (Å²) in [6.45, 7) is 2.11. The van der Waals surface area contributed by atoms with E-state index >= 15 is 0 Å². The van der Waals surface area contributed by atoms with Gasteiger partial charge >= 0.3 is 0 Å². The molecule has 1 unspecified atom stereocenters. The summed E-state index contributed by atoms with van der Waals surface area (Å²) in [6.07, 6.45) is 7.56. The van der Waals surface area contributed by atoms with Gasteiger partial charge in [0.25, 0.3) is 0 Å². The van der Waals surface area contributed by atoms with Crippen molar-refractivity contribution in [2.24, 2.45) is 0 Å². The lowest BCUT2D eigenvalue weighted by Crippen LogP contribution is -2.38. The van der Waals surface area contributed by atoms with Crippen LogP contribution in [0.2, 0.25) is 0 Å². The molecule has 0 saturated carbocycles. The second kappa shape index (κ2) is 5.75. The van der Waals surface area contributed by atoms with Crippen LogP contribution in [0.3, 0.4) is 0 Å². The summed E-state index contributed by atoms with van der Waals surface area (Å²) < 4.78 is 0. The normalized spacial score (nSPS) is 19.1. The number of rotatable bonds is 3. The summed E-state index contributed by atoms with van der Waals surface area (Å²) in [7, 11) is 0. The zero-order chi connectivity index (χ0) is 12.9. The molecule has 0 amide bonds. The first kappa shape index (κ1) is 12.0. The zero-order valence-corrected chi connectivity index (χ0v) is 10.7. The lowest BCUT2D eigenvalue weighted by Gasteiger charge is -2.24. The highest BCUT2D eigenvalue weighted by Gasteiger charge is 2.13. The second-order valence-electron chi connectivity index (χ2n) is 4.72. The third kappa shape index (κ3) is 3.06. The fraction of sp³-hybridized carbons (Fsp3) is 0.357. The number of aromatic nitrogens is 3. The first-order valence-electron chi connectivity index (χ1n) is 6.61. The molecule has 0 aliphatic carbocycles.